The summed E-state index contributed by atoms with van der Waals surface area (Å²) in [6.07, 6.45) is 2.84. The van der Waals surface area contributed by atoms with Crippen molar-refractivity contribution in [1.82, 2.24) is 36.4 Å². The van der Waals surface area contributed by atoms with Crippen LogP contribution < -0.4 is 32.3 Å². The number of benzene rings is 2. The number of carbonyl (C=O) groups excluding carboxylic acids is 7. The van der Waals surface area contributed by atoms with Crippen LogP contribution in [0.3, 0.4) is 0 Å². The molecule has 9 atom stereocenters. The normalized spacial score (nSPS) is 27.3. The van der Waals surface area contributed by atoms with Gasteiger partial charge in [-0.1, -0.05) is 81.4 Å². The highest BCUT2D eigenvalue weighted by Gasteiger charge is 2.65. The highest BCUT2D eigenvalue weighted by Crippen LogP contribution is 2.53. The minimum absolute atomic E-state index is 0.00700. The molecule has 6 unspecified atom stereocenters. The number of hydrogen-bond donors (Lipinski definition) is 6. The fourth-order valence-electron chi connectivity index (χ4n) is 11.3. The lowest BCUT2D eigenvalue weighted by Crippen LogP contribution is -2.69. The van der Waals surface area contributed by atoms with Crippen molar-refractivity contribution in [1.29, 1.82) is 0 Å². The summed E-state index contributed by atoms with van der Waals surface area (Å²) in [5.74, 6) is -2.30. The lowest BCUT2D eigenvalue weighted by Gasteiger charge is -2.59. The summed E-state index contributed by atoms with van der Waals surface area (Å²) in [6.45, 7) is 18.6. The molecule has 2 aromatic rings. The van der Waals surface area contributed by atoms with E-state index in [2.05, 4.69) is 33.5 Å². The Kier molecular flexibility index (Phi) is 15.5. The summed E-state index contributed by atoms with van der Waals surface area (Å²) in [6, 6.07) is 16.1. The highest BCUT2D eigenvalue weighted by molar-refractivity contribution is 6.01. The van der Waals surface area contributed by atoms with Crippen LogP contribution in [0.5, 0.6) is 0 Å². The van der Waals surface area contributed by atoms with E-state index in [-0.39, 0.29) is 60.3 Å². The molecular formula is C54H78N8O9. The molecule has 3 heterocycles. The summed E-state index contributed by atoms with van der Waals surface area (Å²) in [5.41, 5.74) is 3.38. The third kappa shape index (κ3) is 12.5. The summed E-state index contributed by atoms with van der Waals surface area (Å²) < 4.78 is 11.0. The Morgan fingerprint density at radius 3 is 2.00 bits per heavy atom. The van der Waals surface area contributed by atoms with Crippen LogP contribution in [0.25, 0.3) is 0 Å². The number of alkyl carbamates (subject to hydrolysis) is 2. The summed E-state index contributed by atoms with van der Waals surface area (Å²) >= 11 is 0. The molecule has 17 nitrogen and oxygen atoms in total. The Hall–Kier alpha value is -5.71. The van der Waals surface area contributed by atoms with Crippen LogP contribution in [0, 0.1) is 23.2 Å². The van der Waals surface area contributed by atoms with Crippen LogP contribution in [0.1, 0.15) is 131 Å². The number of likely N-dealkylation sites (tertiary alicyclic amines) is 1. The summed E-state index contributed by atoms with van der Waals surface area (Å²) in [5, 5.41) is 14.8. The van der Waals surface area contributed by atoms with Gasteiger partial charge in [0.15, 0.2) is 0 Å². The zero-order valence-electron chi connectivity index (χ0n) is 43.2. The minimum atomic E-state index is -1.41. The second-order valence-electron chi connectivity index (χ2n) is 23.5. The number of nitrogens with one attached hydrogen (secondary N) is 5. The topological polar surface area (TPSA) is 231 Å². The minimum Gasteiger partial charge on any atom is -0.444 e. The average molecular weight is 983 g/mol. The maximum absolute atomic E-state index is 14.9. The Morgan fingerprint density at radius 1 is 0.775 bits per heavy atom. The number of carbonyl (C=O) groups is 7. The molecule has 0 aromatic heterocycles. The van der Waals surface area contributed by atoms with Crippen molar-refractivity contribution in [2.75, 3.05) is 26.2 Å². The fourth-order valence-corrected chi connectivity index (χ4v) is 11.3. The van der Waals surface area contributed by atoms with Crippen LogP contribution >= 0.6 is 0 Å². The number of hydrogen-bond acceptors (Lipinski definition) is 10. The van der Waals surface area contributed by atoms with Crippen molar-refractivity contribution < 1.29 is 43.0 Å². The zero-order valence-corrected chi connectivity index (χ0v) is 43.2. The van der Waals surface area contributed by atoms with E-state index in [1.54, 1.807) is 46.4 Å². The molecule has 7 rings (SSSR count). The molecule has 3 aliphatic heterocycles. The first-order valence-corrected chi connectivity index (χ1v) is 25.7. The maximum atomic E-state index is 14.9. The Morgan fingerprint density at radius 2 is 1.38 bits per heavy atom. The third-order valence-electron chi connectivity index (χ3n) is 15.1. The van der Waals surface area contributed by atoms with Gasteiger partial charge >= 0.3 is 12.2 Å². The predicted molar refractivity (Wildman–Crippen MR) is 267 cm³/mol. The smallest absolute Gasteiger partial charge is 0.408 e. The van der Waals surface area contributed by atoms with Gasteiger partial charge < -0.3 is 51.6 Å². The molecule has 2 saturated carbocycles. The van der Waals surface area contributed by atoms with Crippen molar-refractivity contribution in [2.45, 2.75) is 172 Å². The molecule has 2 aromatic carbocycles. The molecule has 0 bridgehead atoms. The monoisotopic (exact) mass is 983 g/mol. The van der Waals surface area contributed by atoms with Gasteiger partial charge in [-0.3, -0.25) is 24.0 Å². The number of unbranched alkanes of at least 4 members (excludes halogenated alkanes) is 1. The summed E-state index contributed by atoms with van der Waals surface area (Å²) in [7, 11) is 0. The largest absolute Gasteiger partial charge is 0.444 e. The van der Waals surface area contributed by atoms with Crippen LogP contribution in [-0.4, -0.2) is 124 Å². The molecule has 388 valence electrons. The molecule has 71 heavy (non-hydrogen) atoms. The fraction of sp³-hybridized carbons (Fsp3) is 0.648. The van der Waals surface area contributed by atoms with Gasteiger partial charge in [0.2, 0.25) is 29.5 Å². The van der Waals surface area contributed by atoms with Crippen LogP contribution in [0.15, 0.2) is 60.7 Å². The number of amides is 7. The van der Waals surface area contributed by atoms with Crippen LogP contribution in [0.2, 0.25) is 0 Å². The quantitative estimate of drug-likeness (QED) is 0.115. The second-order valence-corrected chi connectivity index (χ2v) is 23.5. The lowest BCUT2D eigenvalue weighted by molar-refractivity contribution is -0.161. The van der Waals surface area contributed by atoms with Gasteiger partial charge in [-0.05, 0) is 122 Å². The number of piperidine rings is 2. The van der Waals surface area contributed by atoms with Crippen molar-refractivity contribution in [3.8, 4) is 0 Å². The van der Waals surface area contributed by atoms with E-state index in [1.807, 2.05) is 79.4 Å². The zero-order chi connectivity index (χ0) is 51.7. The Balaban J connectivity index is 1.09. The van der Waals surface area contributed by atoms with E-state index in [4.69, 9.17) is 15.2 Å². The molecule has 5 fully saturated rings. The second kappa shape index (κ2) is 20.8. The van der Waals surface area contributed by atoms with Crippen molar-refractivity contribution >= 4 is 41.7 Å². The van der Waals surface area contributed by atoms with E-state index in [1.165, 1.54) is 0 Å². The first-order valence-electron chi connectivity index (χ1n) is 25.7. The molecule has 3 saturated heterocycles. The average Bonchev–Trinajstić information content (AvgIpc) is 4.20. The highest BCUT2D eigenvalue weighted by atomic mass is 16.6. The van der Waals surface area contributed by atoms with Gasteiger partial charge in [0.05, 0.1) is 6.04 Å². The van der Waals surface area contributed by atoms with E-state index in [9.17, 15) is 33.6 Å². The molecular weight excluding hydrogens is 905 g/mol. The molecule has 7 N–H and O–H groups in total. The first-order chi connectivity index (χ1) is 33.3. The first kappa shape index (κ1) is 53.1. The SMILES string of the molecule is CC(C)C1CC1(NC(=O)[C@@H](Cc1ccccc1)NC(=O)C1(NC(=O)OC(C)(C)C)CC1c1ccccc1)C(=O)N[C@H](CCCCNC(=O)OC(C)(C)C)C(=O)N1CC2(CCN3C(=O)[C@H](N)CC(C)C3C2)C1. The predicted octanol–water partition coefficient (Wildman–Crippen LogP) is 5.06. The Labute approximate surface area is 419 Å². The number of rotatable bonds is 17. The van der Waals surface area contributed by atoms with Crippen molar-refractivity contribution in [2.24, 2.45) is 28.9 Å². The van der Waals surface area contributed by atoms with E-state index in [0.717, 1.165) is 24.0 Å². The lowest BCUT2D eigenvalue weighted by atomic mass is 9.66. The number of nitrogens with zero attached hydrogens (tertiary/aromatic N) is 2. The van der Waals surface area contributed by atoms with Crippen molar-refractivity contribution in [3.63, 3.8) is 0 Å². The van der Waals surface area contributed by atoms with Gasteiger partial charge in [-0.2, -0.15) is 0 Å². The molecule has 2 aliphatic carbocycles. The van der Waals surface area contributed by atoms with Gasteiger partial charge in [-0.15, -0.1) is 0 Å². The van der Waals surface area contributed by atoms with E-state index in [0.29, 0.717) is 51.9 Å². The summed E-state index contributed by atoms with van der Waals surface area (Å²) in [4.78, 5) is 101. The van der Waals surface area contributed by atoms with Crippen LogP contribution in [0.4, 0.5) is 9.59 Å². The molecule has 17 heteroatoms. The molecule has 1 spiro atoms. The third-order valence-corrected chi connectivity index (χ3v) is 15.1. The Bertz CT molecular complexity index is 2290. The van der Waals surface area contributed by atoms with Gasteiger partial charge in [0, 0.05) is 50.0 Å². The molecule has 0 radical (unpaired) electrons. The van der Waals surface area contributed by atoms with Gasteiger partial charge in [0.1, 0.15) is 34.4 Å². The van der Waals surface area contributed by atoms with E-state index >= 15 is 0 Å². The van der Waals surface area contributed by atoms with E-state index < -0.39 is 76.2 Å². The maximum Gasteiger partial charge on any atom is 0.408 e. The van der Waals surface area contributed by atoms with Gasteiger partial charge in [0.25, 0.3) is 0 Å². The standard InChI is InChI=1S/C54H78N8O9/c1-33(2)37-28-53(37,59-43(63)41(27-35-18-12-10-13-19-35)58-47(67)54(60-49(69)71-51(7,8)9)29-38(54)36-20-14-11-15-21-36)46(66)57-40(22-16-17-24-56-48(68)70-50(4,5)6)45(65)61-31-52(32-61)23-25-62-42(30-52)34(3)26-39(55)44(62)64/h10-15,18-21,33-34,37-42H,16-17,22-32,55H2,1-9H3,(H,56,68)(H,57,66)(H,58,67)(H,59,63)(H,60,69)/t34?,37?,38?,39-,40-,41-,42?,53?,54?/m1/s1. The number of nitrogens with two attached hydrogens (primary N) is 1. The molecule has 7 amide bonds. The molecule has 5 aliphatic rings. The number of ether oxygens (including phenoxy) is 2. The van der Waals surface area contributed by atoms with Crippen molar-refractivity contribution in [3.05, 3.63) is 71.8 Å². The van der Waals surface area contributed by atoms with Gasteiger partial charge in [-0.25, -0.2) is 9.59 Å². The van der Waals surface area contributed by atoms with Crippen LogP contribution in [-0.2, 0) is 39.9 Å². The number of fused-ring (bicyclic) bond motifs is 1.